The maximum absolute atomic E-state index is 14.0. The van der Waals surface area contributed by atoms with Crippen LogP contribution < -0.4 is 0 Å². The highest BCUT2D eigenvalue weighted by Crippen LogP contribution is 2.67. The normalized spacial score (nSPS) is 15.1. The van der Waals surface area contributed by atoms with E-state index < -0.39 is 0 Å². The number of fused-ring (bicyclic) bond motifs is 9. The minimum atomic E-state index is -0.289. The highest BCUT2D eigenvalue weighted by Gasteiger charge is 2.48. The van der Waals surface area contributed by atoms with E-state index >= 15 is 0 Å². The van der Waals surface area contributed by atoms with Gasteiger partial charge in [0.1, 0.15) is 0 Å². The van der Waals surface area contributed by atoms with Gasteiger partial charge in [-0.05, 0) is 159 Å². The minimum absolute atomic E-state index is 0.0189. The molecule has 0 spiro atoms. The summed E-state index contributed by atoms with van der Waals surface area (Å²) in [6, 6.07) is 83.7. The third kappa shape index (κ3) is 6.48. The van der Waals surface area contributed by atoms with Crippen LogP contribution in [0.4, 0.5) is 0 Å². The standard InChI is InChI=1S/C75H56O/c1-45-61(47-25-11-7-12-26-47)62(50-41-43-52(44-42-50)73(76)51-31-17-10-18-32-51)46(2)64-63(45)67(57-37-23-35-55-53-33-19-21-39-59(53)74(3,4)71(55)57)70-66(49-29-15-9-16-30-49)65(48-27-13-8-14-28-48)68(69(64)70)58-38-24-36-56-54-34-20-22-40-60(54)75(5,6)72(56)58/h7-44H,1-6H3. The average molecular weight is 973 g/mol. The summed E-state index contributed by atoms with van der Waals surface area (Å²) in [6.07, 6.45) is 0. The Bertz CT molecular complexity index is 4180. The maximum atomic E-state index is 14.0. The van der Waals surface area contributed by atoms with Gasteiger partial charge >= 0.3 is 0 Å². The maximum Gasteiger partial charge on any atom is 0.193 e. The Kier molecular flexibility index (Phi) is 10.3. The summed E-state index contributed by atoms with van der Waals surface area (Å²) >= 11 is 0. The number of hydrogen-bond donors (Lipinski definition) is 0. The minimum Gasteiger partial charge on any atom is -0.289 e. The van der Waals surface area contributed by atoms with E-state index in [9.17, 15) is 4.79 Å². The summed E-state index contributed by atoms with van der Waals surface area (Å²) in [6.45, 7) is 14.5. The smallest absolute Gasteiger partial charge is 0.193 e. The number of rotatable bonds is 8. The van der Waals surface area contributed by atoms with Gasteiger partial charge in [-0.25, -0.2) is 0 Å². The molecule has 0 unspecified atom stereocenters. The second kappa shape index (κ2) is 17.1. The number of benzene rings is 10. The monoisotopic (exact) mass is 972 g/mol. The summed E-state index contributed by atoms with van der Waals surface area (Å²) in [5.74, 6) is 0.0189. The van der Waals surface area contributed by atoms with Crippen LogP contribution in [0.25, 0.3) is 72.4 Å². The van der Waals surface area contributed by atoms with Crippen molar-refractivity contribution in [1.82, 2.24) is 0 Å². The van der Waals surface area contributed by atoms with Gasteiger partial charge in [-0.3, -0.25) is 4.79 Å². The van der Waals surface area contributed by atoms with Crippen molar-refractivity contribution in [2.24, 2.45) is 0 Å². The van der Waals surface area contributed by atoms with E-state index in [2.05, 4.69) is 230 Å². The molecule has 0 radical (unpaired) electrons. The van der Waals surface area contributed by atoms with Gasteiger partial charge in [0, 0.05) is 22.0 Å². The predicted molar refractivity (Wildman–Crippen MR) is 317 cm³/mol. The van der Waals surface area contributed by atoms with E-state index in [4.69, 9.17) is 0 Å². The lowest BCUT2D eigenvalue weighted by Crippen LogP contribution is -2.17. The second-order valence-corrected chi connectivity index (χ2v) is 22.2. The van der Waals surface area contributed by atoms with Crippen LogP contribution in [0.2, 0.25) is 0 Å². The van der Waals surface area contributed by atoms with Crippen molar-refractivity contribution in [2.75, 3.05) is 0 Å². The van der Waals surface area contributed by atoms with E-state index in [1.165, 1.54) is 134 Å². The summed E-state index contributed by atoms with van der Waals surface area (Å²) in [5, 5.41) is 0. The lowest BCUT2D eigenvalue weighted by Gasteiger charge is -2.28. The Balaban J connectivity index is 1.18. The van der Waals surface area contributed by atoms with Crippen LogP contribution in [0.15, 0.2) is 236 Å². The number of ketones is 1. The highest BCUT2D eigenvalue weighted by atomic mass is 16.1. The quantitative estimate of drug-likeness (QED) is 0.139. The Morgan fingerprint density at radius 1 is 0.276 bits per heavy atom. The first kappa shape index (κ1) is 45.7. The summed E-state index contributed by atoms with van der Waals surface area (Å²) in [5.41, 5.74) is 33.6. The fraction of sp³-hybridized carbons (Fsp3) is 0.107. The molecular formula is C75H56O. The SMILES string of the molecule is Cc1c2c(c(C)c(-c3ccccc3)c1-c1ccc(C(=O)c3ccccc3)cc1)C(c1cccc3c1C(C)(C)c1ccccc1-3)=C1C(c3ccccc3)=C(c3ccccc3)C(c3cccc4c3C(C)(C)c3ccccc3-4)=C12. The van der Waals surface area contributed by atoms with Crippen LogP contribution in [-0.2, 0) is 10.8 Å². The molecule has 0 aliphatic heterocycles. The summed E-state index contributed by atoms with van der Waals surface area (Å²) < 4.78 is 0. The Labute approximate surface area is 446 Å². The van der Waals surface area contributed by atoms with E-state index in [0.29, 0.717) is 11.1 Å². The molecule has 10 aromatic rings. The molecule has 0 aromatic heterocycles. The molecule has 0 saturated heterocycles. The first-order valence-corrected chi connectivity index (χ1v) is 26.8. The molecule has 4 aliphatic rings. The van der Waals surface area contributed by atoms with Crippen molar-refractivity contribution in [3.8, 4) is 44.5 Å². The van der Waals surface area contributed by atoms with Crippen molar-refractivity contribution in [3.63, 3.8) is 0 Å². The zero-order valence-corrected chi connectivity index (χ0v) is 43.8. The predicted octanol–water partition coefficient (Wildman–Crippen LogP) is 18.8. The summed E-state index contributed by atoms with van der Waals surface area (Å²) in [7, 11) is 0. The molecule has 4 aliphatic carbocycles. The van der Waals surface area contributed by atoms with Gasteiger partial charge in [0.2, 0.25) is 0 Å². The van der Waals surface area contributed by atoms with Crippen molar-refractivity contribution < 1.29 is 4.79 Å². The van der Waals surface area contributed by atoms with E-state index in [-0.39, 0.29) is 16.6 Å². The van der Waals surface area contributed by atoms with Gasteiger partial charge in [0.25, 0.3) is 0 Å². The molecule has 1 heteroatoms. The van der Waals surface area contributed by atoms with Crippen molar-refractivity contribution in [2.45, 2.75) is 52.4 Å². The lowest BCUT2D eigenvalue weighted by atomic mass is 9.74. The Morgan fingerprint density at radius 2 is 0.632 bits per heavy atom. The van der Waals surface area contributed by atoms with E-state index in [0.717, 1.165) is 11.1 Å². The van der Waals surface area contributed by atoms with Gasteiger partial charge < -0.3 is 0 Å². The van der Waals surface area contributed by atoms with Crippen molar-refractivity contribution in [3.05, 3.63) is 314 Å². The number of hydrogen-bond acceptors (Lipinski definition) is 1. The molecular weight excluding hydrogens is 917 g/mol. The van der Waals surface area contributed by atoms with Crippen LogP contribution in [-0.4, -0.2) is 5.78 Å². The molecule has 362 valence electrons. The first-order valence-electron chi connectivity index (χ1n) is 26.8. The number of allylic oxidation sites excluding steroid dienone is 5. The molecule has 0 amide bonds. The zero-order valence-electron chi connectivity index (χ0n) is 43.8. The highest BCUT2D eigenvalue weighted by molar-refractivity contribution is 6.40. The van der Waals surface area contributed by atoms with Gasteiger partial charge in [-0.15, -0.1) is 0 Å². The second-order valence-electron chi connectivity index (χ2n) is 22.2. The molecule has 0 N–H and O–H groups in total. The molecule has 76 heavy (non-hydrogen) atoms. The van der Waals surface area contributed by atoms with Gasteiger partial charge in [-0.1, -0.05) is 258 Å². The molecule has 0 heterocycles. The van der Waals surface area contributed by atoms with Gasteiger partial charge in [0.05, 0.1) is 0 Å². The fourth-order valence-corrected chi connectivity index (χ4v) is 14.2. The molecule has 1 nitrogen and oxygen atoms in total. The van der Waals surface area contributed by atoms with Crippen LogP contribution >= 0.6 is 0 Å². The Morgan fingerprint density at radius 3 is 1.13 bits per heavy atom. The third-order valence-corrected chi connectivity index (χ3v) is 17.4. The third-order valence-electron chi connectivity index (χ3n) is 17.4. The topological polar surface area (TPSA) is 17.1 Å². The molecule has 0 bridgehead atoms. The van der Waals surface area contributed by atoms with E-state index in [1.807, 2.05) is 42.5 Å². The van der Waals surface area contributed by atoms with Crippen LogP contribution in [0.3, 0.4) is 0 Å². The van der Waals surface area contributed by atoms with Crippen LogP contribution in [0, 0.1) is 13.8 Å². The number of carbonyl (C=O) groups excluding carboxylic acids is 1. The average Bonchev–Trinajstić information content (AvgIpc) is 4.28. The first-order chi connectivity index (χ1) is 37.1. The zero-order chi connectivity index (χ0) is 51.6. The van der Waals surface area contributed by atoms with Crippen LogP contribution in [0.5, 0.6) is 0 Å². The van der Waals surface area contributed by atoms with E-state index in [1.54, 1.807) is 0 Å². The molecule has 10 aromatic carbocycles. The fourth-order valence-electron chi connectivity index (χ4n) is 14.2. The molecule has 0 atom stereocenters. The van der Waals surface area contributed by atoms with Crippen LogP contribution in [0.1, 0.15) is 110 Å². The lowest BCUT2D eigenvalue weighted by molar-refractivity contribution is 0.103. The van der Waals surface area contributed by atoms with Crippen molar-refractivity contribution in [1.29, 1.82) is 0 Å². The number of carbonyl (C=O) groups is 1. The Hall–Kier alpha value is -8.91. The largest absolute Gasteiger partial charge is 0.289 e. The molecule has 0 saturated carbocycles. The summed E-state index contributed by atoms with van der Waals surface area (Å²) in [4.78, 5) is 14.0. The van der Waals surface area contributed by atoms with Gasteiger partial charge in [0.15, 0.2) is 5.78 Å². The molecule has 14 rings (SSSR count). The molecule has 0 fully saturated rings. The van der Waals surface area contributed by atoms with Crippen molar-refractivity contribution >= 4 is 33.6 Å². The van der Waals surface area contributed by atoms with Gasteiger partial charge in [-0.2, -0.15) is 0 Å².